The second-order valence-corrected chi connectivity index (χ2v) is 11.3. The quantitative estimate of drug-likeness (QED) is 0.432. The molecule has 0 aliphatic heterocycles. The van der Waals surface area contributed by atoms with Gasteiger partial charge in [-0.3, -0.25) is 9.59 Å². The van der Waals surface area contributed by atoms with Crippen molar-refractivity contribution in [3.8, 4) is 5.75 Å². The molecule has 162 valence electrons. The number of Topliss-reactive ketones (excluding diaryl/α,β-unsaturated/α-hetero) is 2. The van der Waals surface area contributed by atoms with Crippen LogP contribution in [-0.2, 0) is 14.6 Å². The lowest BCUT2D eigenvalue weighted by Gasteiger charge is -2.25. The van der Waals surface area contributed by atoms with Gasteiger partial charge in [0.1, 0.15) is 4.90 Å². The molecule has 2 aromatic rings. The molecule has 31 heavy (non-hydrogen) atoms. The number of methoxy groups -OCH3 is 1. The number of fused-ring (bicyclic) bond motifs is 2. The van der Waals surface area contributed by atoms with E-state index in [-0.39, 0.29) is 44.4 Å². The van der Waals surface area contributed by atoms with Crippen molar-refractivity contribution in [1.29, 1.82) is 0 Å². The Labute approximate surface area is 190 Å². The number of rotatable bonds is 6. The highest BCUT2D eigenvalue weighted by atomic mass is 35.5. The van der Waals surface area contributed by atoms with Gasteiger partial charge in [-0.15, -0.1) is 0 Å². The Hall–Kier alpha value is -2.09. The van der Waals surface area contributed by atoms with E-state index in [1.165, 1.54) is 31.0 Å². The average molecular weight is 477 g/mol. The predicted octanol–water partition coefficient (Wildman–Crippen LogP) is 4.98. The van der Waals surface area contributed by atoms with Gasteiger partial charge < -0.3 is 4.74 Å². The molecule has 2 bridgehead atoms. The fourth-order valence-electron chi connectivity index (χ4n) is 4.29. The fourth-order valence-corrected chi connectivity index (χ4v) is 6.74. The highest BCUT2D eigenvalue weighted by molar-refractivity contribution is 8.03. The number of hydrogen-bond donors (Lipinski definition) is 0. The molecule has 0 saturated heterocycles. The molecule has 2 unspecified atom stereocenters. The van der Waals surface area contributed by atoms with Crippen LogP contribution in [0.3, 0.4) is 0 Å². The number of carbonyl (C=O) groups is 2. The average Bonchev–Trinajstić information content (AvgIpc) is 3.18. The minimum Gasteiger partial charge on any atom is -0.494 e. The monoisotopic (exact) mass is 476 g/mol. The molecule has 0 aromatic heterocycles. The smallest absolute Gasteiger partial charge is 0.199 e. The summed E-state index contributed by atoms with van der Waals surface area (Å²) in [6.07, 6.45) is 3.44. The Bertz CT molecular complexity index is 1200. The number of thioether (sulfide) groups is 1. The number of allylic oxidation sites excluding steroid dienone is 2. The molecule has 2 atom stereocenters. The Balaban J connectivity index is 1.85. The zero-order chi connectivity index (χ0) is 22.3. The van der Waals surface area contributed by atoms with E-state index >= 15 is 0 Å². The number of sulfone groups is 1. The van der Waals surface area contributed by atoms with Gasteiger partial charge in [0.25, 0.3) is 0 Å². The summed E-state index contributed by atoms with van der Waals surface area (Å²) in [6.45, 7) is 0. The molecule has 0 spiro atoms. The molecule has 0 radical (unpaired) electrons. The summed E-state index contributed by atoms with van der Waals surface area (Å²) >= 11 is 7.88. The summed E-state index contributed by atoms with van der Waals surface area (Å²) in [5.41, 5.74) is 0.241. The van der Waals surface area contributed by atoms with Gasteiger partial charge >= 0.3 is 0 Å². The van der Waals surface area contributed by atoms with Gasteiger partial charge in [0.05, 0.1) is 17.7 Å². The van der Waals surface area contributed by atoms with Gasteiger partial charge in [-0.1, -0.05) is 41.6 Å². The first-order valence-corrected chi connectivity index (χ1v) is 12.9. The van der Waals surface area contributed by atoms with Crippen LogP contribution in [0.1, 0.15) is 29.6 Å². The van der Waals surface area contributed by atoms with E-state index < -0.39 is 15.6 Å². The van der Waals surface area contributed by atoms with Crippen LogP contribution >= 0.6 is 23.4 Å². The highest BCUT2D eigenvalue weighted by Crippen LogP contribution is 2.50. The van der Waals surface area contributed by atoms with Crippen LogP contribution in [0.5, 0.6) is 5.75 Å². The van der Waals surface area contributed by atoms with Crippen molar-refractivity contribution in [3.63, 3.8) is 0 Å². The number of carbonyl (C=O) groups excluding carboxylic acids is 2. The lowest BCUT2D eigenvalue weighted by Crippen LogP contribution is -2.26. The normalized spacial score (nSPS) is 20.8. The molecule has 5 nitrogen and oxygen atoms in total. The molecule has 8 heteroatoms. The maximum absolute atomic E-state index is 13.6. The summed E-state index contributed by atoms with van der Waals surface area (Å²) < 4.78 is 29.3. The standard InChI is InChI=1S/C23H21ClO5S2/c1-29-22-17(31(2,27)28)11-10-16(19(22)24)21(26)18-20(25)13-8-9-14(12-13)23(18)30-15-6-4-3-5-7-15/h3-7,10-11,13-14H,8-9,12H2,1-2H3. The van der Waals surface area contributed by atoms with E-state index in [0.717, 1.165) is 35.3 Å². The van der Waals surface area contributed by atoms with Gasteiger partial charge in [-0.05, 0) is 49.4 Å². The molecule has 4 rings (SSSR count). The molecular formula is C23H21ClO5S2. The Morgan fingerprint density at radius 2 is 1.77 bits per heavy atom. The van der Waals surface area contributed by atoms with Crippen LogP contribution in [0.2, 0.25) is 5.02 Å². The number of benzene rings is 2. The van der Waals surface area contributed by atoms with Crippen LogP contribution in [0.25, 0.3) is 0 Å². The van der Waals surface area contributed by atoms with Crippen molar-refractivity contribution < 1.29 is 22.7 Å². The number of ether oxygens (including phenoxy) is 1. The summed E-state index contributed by atoms with van der Waals surface area (Å²) in [5, 5.41) is -0.0993. The van der Waals surface area contributed by atoms with E-state index in [1.54, 1.807) is 0 Å². The highest BCUT2D eigenvalue weighted by Gasteiger charge is 2.44. The Morgan fingerprint density at radius 1 is 1.10 bits per heavy atom. The number of halogens is 1. The zero-order valence-corrected chi connectivity index (χ0v) is 19.4. The van der Waals surface area contributed by atoms with Crippen molar-refractivity contribution in [2.75, 3.05) is 13.4 Å². The molecule has 2 aliphatic carbocycles. The van der Waals surface area contributed by atoms with Crippen LogP contribution in [-0.4, -0.2) is 33.3 Å². The van der Waals surface area contributed by atoms with Crippen molar-refractivity contribution in [3.05, 3.63) is 63.5 Å². The topological polar surface area (TPSA) is 77.5 Å². The third-order valence-corrected chi connectivity index (χ3v) is 8.54. The SMILES string of the molecule is COc1c(S(C)(=O)=O)ccc(C(=O)C2=C(Sc3ccccc3)C3CCC(C3)C2=O)c1Cl. The molecule has 0 amide bonds. The third-order valence-electron chi connectivity index (χ3n) is 5.77. The maximum atomic E-state index is 13.6. The minimum absolute atomic E-state index is 0.0710. The molecular weight excluding hydrogens is 456 g/mol. The number of hydrogen-bond acceptors (Lipinski definition) is 6. The van der Waals surface area contributed by atoms with E-state index in [1.807, 2.05) is 30.3 Å². The summed E-state index contributed by atoms with van der Waals surface area (Å²) in [5.74, 6) is -0.718. The summed E-state index contributed by atoms with van der Waals surface area (Å²) in [6, 6.07) is 12.3. The molecule has 2 aliphatic rings. The Morgan fingerprint density at radius 3 is 2.42 bits per heavy atom. The van der Waals surface area contributed by atoms with Crippen LogP contribution < -0.4 is 4.74 Å². The predicted molar refractivity (Wildman–Crippen MR) is 121 cm³/mol. The van der Waals surface area contributed by atoms with Crippen LogP contribution in [0.4, 0.5) is 0 Å². The van der Waals surface area contributed by atoms with Gasteiger partial charge in [-0.2, -0.15) is 0 Å². The van der Waals surface area contributed by atoms with E-state index in [2.05, 4.69) is 0 Å². The van der Waals surface area contributed by atoms with Crippen LogP contribution in [0.15, 0.2) is 62.7 Å². The molecule has 1 fully saturated rings. The zero-order valence-electron chi connectivity index (χ0n) is 17.1. The van der Waals surface area contributed by atoms with Crippen molar-refractivity contribution in [2.45, 2.75) is 29.1 Å². The first-order chi connectivity index (χ1) is 14.7. The van der Waals surface area contributed by atoms with Crippen molar-refractivity contribution in [2.24, 2.45) is 11.8 Å². The molecule has 2 aromatic carbocycles. The minimum atomic E-state index is -3.61. The Kier molecular flexibility index (Phi) is 6.03. The number of ketones is 2. The lowest BCUT2D eigenvalue weighted by atomic mass is 9.84. The second kappa shape index (κ2) is 8.45. The molecule has 0 heterocycles. The first-order valence-electron chi connectivity index (χ1n) is 9.85. The van der Waals surface area contributed by atoms with Crippen molar-refractivity contribution in [1.82, 2.24) is 0 Å². The van der Waals surface area contributed by atoms with Gasteiger partial charge in [0, 0.05) is 27.5 Å². The largest absolute Gasteiger partial charge is 0.494 e. The van der Waals surface area contributed by atoms with Gasteiger partial charge in [-0.25, -0.2) is 8.42 Å². The second-order valence-electron chi connectivity index (χ2n) is 7.79. The first kappa shape index (κ1) is 22.1. The molecule has 1 saturated carbocycles. The van der Waals surface area contributed by atoms with Crippen LogP contribution in [0, 0.1) is 11.8 Å². The molecule has 0 N–H and O–H groups in total. The lowest BCUT2D eigenvalue weighted by molar-refractivity contribution is -0.119. The van der Waals surface area contributed by atoms with Gasteiger partial charge in [0.15, 0.2) is 27.2 Å². The summed E-state index contributed by atoms with van der Waals surface area (Å²) in [4.78, 5) is 28.5. The van der Waals surface area contributed by atoms with E-state index in [9.17, 15) is 18.0 Å². The van der Waals surface area contributed by atoms with Gasteiger partial charge in [0.2, 0.25) is 0 Å². The summed E-state index contributed by atoms with van der Waals surface area (Å²) in [7, 11) is -2.31. The fraction of sp³-hybridized carbons (Fsp3) is 0.304. The third kappa shape index (κ3) is 4.06. The van der Waals surface area contributed by atoms with E-state index in [0.29, 0.717) is 0 Å². The van der Waals surface area contributed by atoms with Crippen molar-refractivity contribution >= 4 is 44.8 Å². The maximum Gasteiger partial charge on any atom is 0.199 e. The van der Waals surface area contributed by atoms with E-state index in [4.69, 9.17) is 16.3 Å².